The molecule has 0 aliphatic carbocycles. The van der Waals surface area contributed by atoms with Gasteiger partial charge in [0.25, 0.3) is 0 Å². The average molecular weight is 229 g/mol. The Morgan fingerprint density at radius 3 is 2.71 bits per heavy atom. The van der Waals surface area contributed by atoms with Crippen molar-refractivity contribution in [3.8, 4) is 11.8 Å². The molecule has 1 aromatic rings. The number of aldehydes is 1. The Kier molecular flexibility index (Phi) is 3.41. The van der Waals surface area contributed by atoms with Gasteiger partial charge in [0, 0.05) is 0 Å². The standard InChI is InChI=1S/C8H7NO3S2/c9-14(11,12)8-5-4-7(13-8)3-1-2-6-10/h4-6H,2H2,(H2,9,11,12). The predicted molar refractivity (Wildman–Crippen MR) is 53.3 cm³/mol. The second-order valence-corrected chi connectivity index (χ2v) is 5.21. The molecule has 0 aliphatic rings. The first kappa shape index (κ1) is 10.9. The molecule has 0 aliphatic heterocycles. The second-order valence-electron chi connectivity index (χ2n) is 2.34. The SMILES string of the molecule is NS(=O)(=O)c1ccc(C#CCC=O)s1. The number of sulfonamides is 1. The first-order valence-corrected chi connectivity index (χ1v) is 5.95. The molecule has 0 saturated heterocycles. The third kappa shape index (κ3) is 2.96. The monoisotopic (exact) mass is 229 g/mol. The summed E-state index contributed by atoms with van der Waals surface area (Å²) in [5.74, 6) is 5.23. The van der Waals surface area contributed by atoms with Crippen LogP contribution in [0.3, 0.4) is 0 Å². The minimum atomic E-state index is -3.63. The summed E-state index contributed by atoms with van der Waals surface area (Å²) in [6.45, 7) is 0. The van der Waals surface area contributed by atoms with Gasteiger partial charge in [-0.3, -0.25) is 0 Å². The third-order valence-corrected chi connectivity index (χ3v) is 3.70. The van der Waals surface area contributed by atoms with Crippen molar-refractivity contribution in [3.05, 3.63) is 17.0 Å². The molecule has 14 heavy (non-hydrogen) atoms. The van der Waals surface area contributed by atoms with Gasteiger partial charge < -0.3 is 4.79 Å². The molecular weight excluding hydrogens is 222 g/mol. The molecule has 2 N–H and O–H groups in total. The summed E-state index contributed by atoms with van der Waals surface area (Å²) < 4.78 is 21.8. The van der Waals surface area contributed by atoms with Gasteiger partial charge in [-0.25, -0.2) is 13.6 Å². The van der Waals surface area contributed by atoms with E-state index in [9.17, 15) is 13.2 Å². The summed E-state index contributed by atoms with van der Waals surface area (Å²) in [7, 11) is -3.63. The molecule has 1 heterocycles. The van der Waals surface area contributed by atoms with Crippen molar-refractivity contribution in [2.24, 2.45) is 5.14 Å². The molecule has 4 nitrogen and oxygen atoms in total. The first-order chi connectivity index (χ1) is 6.54. The van der Waals surface area contributed by atoms with Crippen molar-refractivity contribution in [2.45, 2.75) is 10.6 Å². The van der Waals surface area contributed by atoms with Crippen LogP contribution in [0.25, 0.3) is 0 Å². The zero-order chi connectivity index (χ0) is 10.6. The predicted octanol–water partition coefficient (Wildman–Crippen LogP) is 0.336. The molecule has 1 aromatic heterocycles. The Morgan fingerprint density at radius 2 is 2.21 bits per heavy atom. The molecule has 1 rings (SSSR count). The van der Waals surface area contributed by atoms with Gasteiger partial charge in [-0.15, -0.1) is 11.3 Å². The molecule has 0 aromatic carbocycles. The number of hydrogen-bond donors (Lipinski definition) is 1. The van der Waals surface area contributed by atoms with Crippen LogP contribution in [0.5, 0.6) is 0 Å². The number of primary sulfonamides is 1. The number of carbonyl (C=O) groups excluding carboxylic acids is 1. The zero-order valence-electron chi connectivity index (χ0n) is 7.06. The molecular formula is C8H7NO3S2. The lowest BCUT2D eigenvalue weighted by Crippen LogP contribution is -2.09. The quantitative estimate of drug-likeness (QED) is 0.586. The third-order valence-electron chi connectivity index (χ3n) is 1.26. The van der Waals surface area contributed by atoms with Gasteiger partial charge >= 0.3 is 0 Å². The molecule has 0 fully saturated rings. The molecule has 0 bridgehead atoms. The van der Waals surface area contributed by atoms with Crippen molar-refractivity contribution in [3.63, 3.8) is 0 Å². The van der Waals surface area contributed by atoms with Crippen LogP contribution in [-0.4, -0.2) is 14.7 Å². The summed E-state index contributed by atoms with van der Waals surface area (Å²) in [6, 6.07) is 2.95. The van der Waals surface area contributed by atoms with E-state index in [1.54, 1.807) is 6.07 Å². The van der Waals surface area contributed by atoms with Gasteiger partial charge in [0.15, 0.2) is 0 Å². The number of thiophene rings is 1. The van der Waals surface area contributed by atoms with Gasteiger partial charge in [-0.2, -0.15) is 0 Å². The van der Waals surface area contributed by atoms with E-state index in [0.717, 1.165) is 11.3 Å². The van der Waals surface area contributed by atoms with Crippen LogP contribution in [-0.2, 0) is 14.8 Å². The molecule has 6 heteroatoms. The summed E-state index contributed by atoms with van der Waals surface area (Å²) in [5.41, 5.74) is 0. The summed E-state index contributed by atoms with van der Waals surface area (Å²) in [4.78, 5) is 10.5. The largest absolute Gasteiger partial charge is 0.302 e. The van der Waals surface area contributed by atoms with E-state index >= 15 is 0 Å². The minimum Gasteiger partial charge on any atom is -0.302 e. The van der Waals surface area contributed by atoms with E-state index in [1.165, 1.54) is 6.07 Å². The molecule has 0 radical (unpaired) electrons. The van der Waals surface area contributed by atoms with Crippen LogP contribution in [0.15, 0.2) is 16.3 Å². The fourth-order valence-electron chi connectivity index (χ4n) is 0.720. The van der Waals surface area contributed by atoms with Gasteiger partial charge in [-0.1, -0.05) is 11.8 Å². The maximum absolute atomic E-state index is 10.9. The van der Waals surface area contributed by atoms with E-state index in [1.807, 2.05) is 0 Å². The van der Waals surface area contributed by atoms with Gasteiger partial charge in [0.05, 0.1) is 11.3 Å². The molecule has 0 amide bonds. The lowest BCUT2D eigenvalue weighted by Gasteiger charge is -1.87. The normalized spacial score (nSPS) is 10.4. The minimum absolute atomic E-state index is 0.0768. The van der Waals surface area contributed by atoms with Gasteiger partial charge in [0.1, 0.15) is 10.5 Å². The molecule has 0 spiro atoms. The molecule has 0 saturated carbocycles. The highest BCUT2D eigenvalue weighted by Crippen LogP contribution is 2.18. The number of carbonyl (C=O) groups is 1. The first-order valence-electron chi connectivity index (χ1n) is 3.59. The van der Waals surface area contributed by atoms with Crippen LogP contribution in [0.1, 0.15) is 11.3 Å². The average Bonchev–Trinajstić information content (AvgIpc) is 2.52. The highest BCUT2D eigenvalue weighted by atomic mass is 32.2. The Balaban J connectivity index is 2.91. The fraction of sp³-hybridized carbons (Fsp3) is 0.125. The van der Waals surface area contributed by atoms with Crippen molar-refractivity contribution < 1.29 is 13.2 Å². The van der Waals surface area contributed by atoms with Gasteiger partial charge in [-0.05, 0) is 12.1 Å². The highest BCUT2D eigenvalue weighted by molar-refractivity contribution is 7.91. The molecule has 74 valence electrons. The second kappa shape index (κ2) is 4.37. The van der Waals surface area contributed by atoms with Crippen LogP contribution in [0.2, 0.25) is 0 Å². The number of nitrogens with two attached hydrogens (primary N) is 1. The fourth-order valence-corrected chi connectivity index (χ4v) is 2.32. The molecule has 0 atom stereocenters. The lowest BCUT2D eigenvalue weighted by atomic mass is 10.4. The van der Waals surface area contributed by atoms with E-state index < -0.39 is 10.0 Å². The van der Waals surface area contributed by atoms with E-state index in [0.29, 0.717) is 11.2 Å². The van der Waals surface area contributed by atoms with Crippen LogP contribution < -0.4 is 5.14 Å². The van der Waals surface area contributed by atoms with Gasteiger partial charge in [0.2, 0.25) is 10.0 Å². The Bertz CT molecular complexity index is 490. The topological polar surface area (TPSA) is 77.2 Å². The van der Waals surface area contributed by atoms with Crippen LogP contribution in [0, 0.1) is 11.8 Å². The van der Waals surface area contributed by atoms with E-state index in [-0.39, 0.29) is 10.6 Å². The zero-order valence-corrected chi connectivity index (χ0v) is 8.69. The van der Waals surface area contributed by atoms with Crippen molar-refractivity contribution in [2.75, 3.05) is 0 Å². The smallest absolute Gasteiger partial charge is 0.247 e. The maximum Gasteiger partial charge on any atom is 0.247 e. The molecule has 0 unspecified atom stereocenters. The summed E-state index contributed by atoms with van der Waals surface area (Å²) >= 11 is 0.988. The summed E-state index contributed by atoms with van der Waals surface area (Å²) in [5, 5.41) is 4.90. The van der Waals surface area contributed by atoms with Crippen molar-refractivity contribution in [1.29, 1.82) is 0 Å². The lowest BCUT2D eigenvalue weighted by molar-refractivity contribution is -0.107. The van der Waals surface area contributed by atoms with Crippen LogP contribution >= 0.6 is 11.3 Å². The van der Waals surface area contributed by atoms with E-state index in [2.05, 4.69) is 11.8 Å². The maximum atomic E-state index is 10.9. The summed E-state index contributed by atoms with van der Waals surface area (Å²) in [6.07, 6.45) is 0.823. The number of rotatable bonds is 2. The van der Waals surface area contributed by atoms with E-state index in [4.69, 9.17) is 5.14 Å². The highest BCUT2D eigenvalue weighted by Gasteiger charge is 2.09. The van der Waals surface area contributed by atoms with Crippen molar-refractivity contribution >= 4 is 27.6 Å². The Labute approximate surface area is 85.8 Å². The van der Waals surface area contributed by atoms with Crippen molar-refractivity contribution in [1.82, 2.24) is 0 Å². The Morgan fingerprint density at radius 1 is 1.50 bits per heavy atom. The number of hydrogen-bond acceptors (Lipinski definition) is 4. The Hall–Kier alpha value is -1.16. The van der Waals surface area contributed by atoms with Crippen LogP contribution in [0.4, 0.5) is 0 Å².